The number of carbonyl (C=O) groups excluding carboxylic acids is 2. The highest BCUT2D eigenvalue weighted by molar-refractivity contribution is 6.35. The Bertz CT molecular complexity index is 609. The molecule has 0 aromatic heterocycles. The highest BCUT2D eigenvalue weighted by Gasteiger charge is 2.26. The second-order valence-corrected chi connectivity index (χ2v) is 7.09. The number of hydrogen-bond donors (Lipinski definition) is 2. The van der Waals surface area contributed by atoms with Crippen molar-refractivity contribution in [2.75, 3.05) is 13.1 Å². The molecule has 24 heavy (non-hydrogen) atoms. The van der Waals surface area contributed by atoms with Gasteiger partial charge < -0.3 is 11.1 Å². The topological polar surface area (TPSA) is 75.4 Å². The van der Waals surface area contributed by atoms with Crippen LogP contribution in [0.5, 0.6) is 0 Å². The molecule has 132 valence electrons. The van der Waals surface area contributed by atoms with E-state index in [1.54, 1.807) is 12.1 Å². The zero-order valence-electron chi connectivity index (χ0n) is 13.7. The number of carbonyl (C=O) groups is 2. The van der Waals surface area contributed by atoms with Gasteiger partial charge in [0.1, 0.15) is 0 Å². The predicted octanol–water partition coefficient (Wildman–Crippen LogP) is 2.90. The van der Waals surface area contributed by atoms with Gasteiger partial charge in [-0.2, -0.15) is 0 Å². The van der Waals surface area contributed by atoms with Gasteiger partial charge in [-0.15, -0.1) is 0 Å². The first-order valence-electron chi connectivity index (χ1n) is 8.13. The van der Waals surface area contributed by atoms with E-state index < -0.39 is 0 Å². The molecule has 0 spiro atoms. The van der Waals surface area contributed by atoms with Gasteiger partial charge in [0.2, 0.25) is 11.8 Å². The summed E-state index contributed by atoms with van der Waals surface area (Å²) in [6, 6.07) is 5.05. The van der Waals surface area contributed by atoms with E-state index >= 15 is 0 Å². The minimum absolute atomic E-state index is 0.0522. The van der Waals surface area contributed by atoms with Crippen molar-refractivity contribution in [1.82, 2.24) is 10.2 Å². The van der Waals surface area contributed by atoms with Crippen molar-refractivity contribution in [3.63, 3.8) is 0 Å². The molecule has 1 aromatic rings. The third-order valence-electron chi connectivity index (χ3n) is 4.34. The largest absolute Gasteiger partial charge is 0.370 e. The smallest absolute Gasteiger partial charge is 0.234 e. The summed E-state index contributed by atoms with van der Waals surface area (Å²) in [4.78, 5) is 25.6. The molecule has 1 fully saturated rings. The van der Waals surface area contributed by atoms with E-state index in [-0.39, 0.29) is 30.4 Å². The van der Waals surface area contributed by atoms with E-state index in [9.17, 15) is 9.59 Å². The molecular formula is C17H23Cl2N3O2. The SMILES string of the molecule is CC(NC(=O)CN1CCCCC1CC(N)=O)c1ccc(Cl)cc1Cl. The molecule has 2 rings (SSSR count). The second kappa shape index (κ2) is 8.70. The molecule has 1 aliphatic heterocycles. The number of likely N-dealkylation sites (tertiary alicyclic amines) is 1. The number of rotatable bonds is 6. The van der Waals surface area contributed by atoms with Crippen molar-refractivity contribution in [1.29, 1.82) is 0 Å². The summed E-state index contributed by atoms with van der Waals surface area (Å²) >= 11 is 12.1. The number of piperidine rings is 1. The fraction of sp³-hybridized carbons (Fsp3) is 0.529. The standard InChI is InChI=1S/C17H23Cl2N3O2/c1-11(14-6-5-12(18)8-15(14)19)21-17(24)10-22-7-3-2-4-13(22)9-16(20)23/h5-6,8,11,13H,2-4,7,9-10H2,1H3,(H2,20,23)(H,21,24). The van der Waals surface area contributed by atoms with E-state index in [2.05, 4.69) is 5.32 Å². The van der Waals surface area contributed by atoms with Crippen molar-refractivity contribution < 1.29 is 9.59 Å². The van der Waals surface area contributed by atoms with Gasteiger partial charge in [0.25, 0.3) is 0 Å². The van der Waals surface area contributed by atoms with Gasteiger partial charge in [-0.25, -0.2) is 0 Å². The van der Waals surface area contributed by atoms with Crippen LogP contribution in [0, 0.1) is 0 Å². The van der Waals surface area contributed by atoms with E-state index in [1.807, 2.05) is 17.9 Å². The van der Waals surface area contributed by atoms with Crippen LogP contribution in [-0.4, -0.2) is 35.8 Å². The summed E-state index contributed by atoms with van der Waals surface area (Å²) in [6.07, 6.45) is 3.29. The van der Waals surface area contributed by atoms with Crippen LogP contribution in [0.25, 0.3) is 0 Å². The Morgan fingerprint density at radius 3 is 2.79 bits per heavy atom. The Hall–Kier alpha value is -1.30. The normalized spacial score (nSPS) is 19.7. The molecule has 0 radical (unpaired) electrons. The van der Waals surface area contributed by atoms with E-state index in [1.165, 1.54) is 0 Å². The van der Waals surface area contributed by atoms with Crippen LogP contribution in [0.3, 0.4) is 0 Å². The minimum Gasteiger partial charge on any atom is -0.370 e. The molecule has 1 aromatic carbocycles. The minimum atomic E-state index is -0.325. The van der Waals surface area contributed by atoms with Crippen LogP contribution >= 0.6 is 23.2 Å². The van der Waals surface area contributed by atoms with E-state index in [4.69, 9.17) is 28.9 Å². The lowest BCUT2D eigenvalue weighted by atomic mass is 9.99. The summed E-state index contributed by atoms with van der Waals surface area (Å²) < 4.78 is 0. The van der Waals surface area contributed by atoms with Gasteiger partial charge in [0.15, 0.2) is 0 Å². The second-order valence-electron chi connectivity index (χ2n) is 6.25. The maximum absolute atomic E-state index is 12.4. The van der Waals surface area contributed by atoms with Gasteiger partial charge in [0, 0.05) is 22.5 Å². The van der Waals surface area contributed by atoms with E-state index in [0.717, 1.165) is 31.4 Å². The molecule has 1 aliphatic rings. The molecule has 5 nitrogen and oxygen atoms in total. The summed E-state index contributed by atoms with van der Waals surface area (Å²) in [7, 11) is 0. The maximum Gasteiger partial charge on any atom is 0.234 e. The molecule has 2 unspecified atom stereocenters. The van der Waals surface area contributed by atoms with E-state index in [0.29, 0.717) is 16.5 Å². The summed E-state index contributed by atoms with van der Waals surface area (Å²) in [5, 5.41) is 4.04. The molecule has 1 saturated heterocycles. The van der Waals surface area contributed by atoms with Crippen LogP contribution in [0.4, 0.5) is 0 Å². The Labute approximate surface area is 152 Å². The van der Waals surface area contributed by atoms with Crippen LogP contribution < -0.4 is 11.1 Å². The first kappa shape index (κ1) is 19.0. The average Bonchev–Trinajstić information content (AvgIpc) is 2.48. The number of nitrogens with zero attached hydrogens (tertiary/aromatic N) is 1. The number of benzene rings is 1. The lowest BCUT2D eigenvalue weighted by molar-refractivity contribution is -0.125. The summed E-state index contributed by atoms with van der Waals surface area (Å²) in [5.74, 6) is -0.418. The van der Waals surface area contributed by atoms with Gasteiger partial charge in [-0.05, 0) is 44.0 Å². The molecule has 1 heterocycles. The van der Waals surface area contributed by atoms with Crippen molar-refractivity contribution in [3.8, 4) is 0 Å². The fourth-order valence-corrected chi connectivity index (χ4v) is 3.71. The average molecular weight is 372 g/mol. The summed E-state index contributed by atoms with van der Waals surface area (Å²) in [6.45, 7) is 2.94. The zero-order chi connectivity index (χ0) is 17.7. The highest BCUT2D eigenvalue weighted by Crippen LogP contribution is 2.26. The molecule has 3 N–H and O–H groups in total. The predicted molar refractivity (Wildman–Crippen MR) is 96.0 cm³/mol. The Kier molecular flexibility index (Phi) is 6.90. The molecule has 0 bridgehead atoms. The molecule has 2 amide bonds. The lowest BCUT2D eigenvalue weighted by Crippen LogP contribution is -2.47. The van der Waals surface area contributed by atoms with Gasteiger partial charge in [0.05, 0.1) is 12.6 Å². The van der Waals surface area contributed by atoms with Crippen LogP contribution in [-0.2, 0) is 9.59 Å². The third-order valence-corrected chi connectivity index (χ3v) is 4.90. The molecular weight excluding hydrogens is 349 g/mol. The van der Waals surface area contributed by atoms with Crippen molar-refractivity contribution in [3.05, 3.63) is 33.8 Å². The third kappa shape index (κ3) is 5.36. The first-order chi connectivity index (χ1) is 11.4. The number of halogens is 2. The maximum atomic E-state index is 12.4. The Balaban J connectivity index is 1.94. The van der Waals surface area contributed by atoms with Crippen LogP contribution in [0.1, 0.15) is 44.2 Å². The van der Waals surface area contributed by atoms with Gasteiger partial charge in [-0.1, -0.05) is 35.7 Å². The fourth-order valence-electron chi connectivity index (χ4n) is 3.13. The first-order valence-corrected chi connectivity index (χ1v) is 8.89. The number of nitrogens with one attached hydrogen (secondary N) is 1. The molecule has 0 saturated carbocycles. The van der Waals surface area contributed by atoms with Crippen molar-refractivity contribution >= 4 is 35.0 Å². The molecule has 7 heteroatoms. The van der Waals surface area contributed by atoms with Gasteiger partial charge in [-0.3, -0.25) is 14.5 Å². The number of amides is 2. The Morgan fingerprint density at radius 2 is 2.12 bits per heavy atom. The van der Waals surface area contributed by atoms with Crippen LogP contribution in [0.15, 0.2) is 18.2 Å². The van der Waals surface area contributed by atoms with Gasteiger partial charge >= 0.3 is 0 Å². The summed E-state index contributed by atoms with van der Waals surface area (Å²) in [5.41, 5.74) is 6.13. The lowest BCUT2D eigenvalue weighted by Gasteiger charge is -2.34. The van der Waals surface area contributed by atoms with Crippen LogP contribution in [0.2, 0.25) is 10.0 Å². The van der Waals surface area contributed by atoms with Crippen molar-refractivity contribution in [2.24, 2.45) is 5.73 Å². The number of primary amides is 1. The monoisotopic (exact) mass is 371 g/mol. The zero-order valence-corrected chi connectivity index (χ0v) is 15.2. The Morgan fingerprint density at radius 1 is 1.38 bits per heavy atom. The molecule has 0 aliphatic carbocycles. The number of nitrogens with two attached hydrogens (primary N) is 1. The highest BCUT2D eigenvalue weighted by atomic mass is 35.5. The van der Waals surface area contributed by atoms with Crippen molar-refractivity contribution in [2.45, 2.75) is 44.7 Å². The molecule has 2 atom stereocenters. The number of hydrogen-bond acceptors (Lipinski definition) is 3. The quantitative estimate of drug-likeness (QED) is 0.806.